The zero-order valence-corrected chi connectivity index (χ0v) is 27.0. The van der Waals surface area contributed by atoms with E-state index in [1.807, 2.05) is 108 Å². The van der Waals surface area contributed by atoms with Crippen LogP contribution in [0.1, 0.15) is 62.9 Å². The molecule has 3 heterocycles. The lowest BCUT2D eigenvalue weighted by atomic mass is 10.1. The van der Waals surface area contributed by atoms with Crippen molar-refractivity contribution in [1.29, 1.82) is 0 Å². The number of ether oxygens (including phenoxy) is 2. The van der Waals surface area contributed by atoms with Gasteiger partial charge in [0.15, 0.2) is 5.82 Å². The first kappa shape index (κ1) is 31.0. The zero-order chi connectivity index (χ0) is 31.7. The van der Waals surface area contributed by atoms with Crippen molar-refractivity contribution in [2.45, 2.75) is 46.0 Å². The molecule has 0 saturated heterocycles. The molecule has 234 valence electrons. The average molecular weight is 632 g/mol. The smallest absolute Gasteiger partial charge is 0.291 e. The van der Waals surface area contributed by atoms with Crippen molar-refractivity contribution in [1.82, 2.24) is 24.4 Å². The summed E-state index contributed by atoms with van der Waals surface area (Å²) in [7, 11) is 0. The Morgan fingerprint density at radius 3 is 2.24 bits per heavy atom. The van der Waals surface area contributed by atoms with E-state index in [2.05, 4.69) is 23.9 Å². The van der Waals surface area contributed by atoms with Gasteiger partial charge in [0.2, 0.25) is 4.96 Å². The predicted octanol–water partition coefficient (Wildman–Crippen LogP) is 7.47. The normalized spacial score (nSPS) is 12.0. The molecule has 6 aromatic rings. The molecule has 0 saturated carbocycles. The van der Waals surface area contributed by atoms with Gasteiger partial charge >= 0.3 is 0 Å². The number of para-hydroxylation sites is 1. The van der Waals surface area contributed by atoms with E-state index in [0.29, 0.717) is 28.5 Å². The van der Waals surface area contributed by atoms with E-state index in [0.717, 1.165) is 52.4 Å². The van der Waals surface area contributed by atoms with Gasteiger partial charge in [0.1, 0.15) is 17.2 Å². The molecule has 3 aromatic heterocycles. The Kier molecular flexibility index (Phi) is 10.00. The molecule has 0 atom stereocenters. The molecule has 0 radical (unpaired) electrons. The van der Waals surface area contributed by atoms with Gasteiger partial charge in [-0.2, -0.15) is 14.6 Å². The van der Waals surface area contributed by atoms with Gasteiger partial charge in [-0.1, -0.05) is 80.9 Å². The zero-order valence-electron chi connectivity index (χ0n) is 26.1. The Morgan fingerprint density at radius 1 is 0.783 bits per heavy atom. The number of hydrogen-bond donors (Lipinski definition) is 0. The van der Waals surface area contributed by atoms with Crippen LogP contribution in [0.4, 0.5) is 0 Å². The summed E-state index contributed by atoms with van der Waals surface area (Å²) in [5, 5.41) is 9.39. The maximum Gasteiger partial charge on any atom is 0.291 e. The van der Waals surface area contributed by atoms with Crippen LogP contribution < -0.4 is 19.6 Å². The van der Waals surface area contributed by atoms with Crippen LogP contribution in [0.15, 0.2) is 89.9 Å². The minimum atomic E-state index is -0.213. The summed E-state index contributed by atoms with van der Waals surface area (Å²) in [5.74, 6) is 2.16. The molecule has 3 aromatic carbocycles. The summed E-state index contributed by atoms with van der Waals surface area (Å²) >= 11 is 1.31. The van der Waals surface area contributed by atoms with Gasteiger partial charge in [-0.3, -0.25) is 4.79 Å². The highest BCUT2D eigenvalue weighted by Crippen LogP contribution is 2.27. The van der Waals surface area contributed by atoms with Crippen molar-refractivity contribution >= 4 is 34.5 Å². The first-order valence-corrected chi connectivity index (χ1v) is 16.6. The standard InChI is InChI=1S/C37H37N5O3S/c1-3-5-6-10-24-45-32-20-16-28(17-21-32)35-29(26-41(40-35)30-11-8-7-9-12-30)25-33-36(43)42-37(46-33)38-34(39-42)22-15-27-13-18-31(19-14-27)44-23-4-2/h7-9,11-22,25-26H,3-6,10,23-24H2,1-2H3/b22-15+,33-25-. The van der Waals surface area contributed by atoms with E-state index in [-0.39, 0.29) is 5.56 Å². The highest BCUT2D eigenvalue weighted by Gasteiger charge is 2.14. The van der Waals surface area contributed by atoms with Crippen LogP contribution in [-0.2, 0) is 0 Å². The van der Waals surface area contributed by atoms with Gasteiger partial charge in [0.25, 0.3) is 5.56 Å². The van der Waals surface area contributed by atoms with Gasteiger partial charge < -0.3 is 9.47 Å². The molecule has 0 aliphatic heterocycles. The molecule has 0 aliphatic rings. The molecule has 9 heteroatoms. The second-order valence-electron chi connectivity index (χ2n) is 11.0. The minimum Gasteiger partial charge on any atom is -0.494 e. The van der Waals surface area contributed by atoms with E-state index >= 15 is 0 Å². The number of nitrogens with zero attached hydrogens (tertiary/aromatic N) is 5. The minimum absolute atomic E-state index is 0.213. The summed E-state index contributed by atoms with van der Waals surface area (Å²) in [6.07, 6.45) is 13.2. The predicted molar refractivity (Wildman–Crippen MR) is 186 cm³/mol. The van der Waals surface area contributed by atoms with Gasteiger partial charge in [0.05, 0.1) is 23.4 Å². The summed E-state index contributed by atoms with van der Waals surface area (Å²) in [6, 6.07) is 25.8. The molecule has 0 bridgehead atoms. The van der Waals surface area contributed by atoms with E-state index in [1.54, 1.807) is 0 Å². The second-order valence-corrected chi connectivity index (χ2v) is 12.0. The van der Waals surface area contributed by atoms with Gasteiger partial charge in [-0.15, -0.1) is 5.10 Å². The van der Waals surface area contributed by atoms with Crippen LogP contribution in [0, 0.1) is 0 Å². The van der Waals surface area contributed by atoms with Crippen molar-refractivity contribution in [3.63, 3.8) is 0 Å². The molecule has 0 spiro atoms. The molecular weight excluding hydrogens is 595 g/mol. The number of aromatic nitrogens is 5. The molecule has 0 aliphatic carbocycles. The number of hydrogen-bond acceptors (Lipinski definition) is 7. The number of fused-ring (bicyclic) bond motifs is 1. The van der Waals surface area contributed by atoms with Gasteiger partial charge in [0, 0.05) is 17.3 Å². The van der Waals surface area contributed by atoms with E-state index in [1.165, 1.54) is 35.1 Å². The van der Waals surface area contributed by atoms with Crippen LogP contribution in [0.5, 0.6) is 11.5 Å². The van der Waals surface area contributed by atoms with Crippen LogP contribution in [-0.4, -0.2) is 37.6 Å². The third-order valence-corrected chi connectivity index (χ3v) is 8.38. The Hall–Kier alpha value is -5.02. The highest BCUT2D eigenvalue weighted by atomic mass is 32.1. The van der Waals surface area contributed by atoms with Crippen molar-refractivity contribution in [2.75, 3.05) is 13.2 Å². The van der Waals surface area contributed by atoms with E-state index in [4.69, 9.17) is 14.6 Å². The molecule has 0 amide bonds. The van der Waals surface area contributed by atoms with Gasteiger partial charge in [-0.05, 0) is 79.1 Å². The maximum absolute atomic E-state index is 13.4. The summed E-state index contributed by atoms with van der Waals surface area (Å²) in [4.78, 5) is 18.6. The third kappa shape index (κ3) is 7.43. The van der Waals surface area contributed by atoms with Crippen LogP contribution in [0.3, 0.4) is 0 Å². The SMILES string of the molecule is CCCCCCOc1ccc(-c2nn(-c3ccccc3)cc2/C=c2\sc3nc(/C=C/c4ccc(OCCC)cc4)nn3c2=O)cc1. The second kappa shape index (κ2) is 14.8. The number of benzene rings is 3. The monoisotopic (exact) mass is 631 g/mol. The van der Waals surface area contributed by atoms with Crippen molar-refractivity contribution in [3.05, 3.63) is 117 Å². The lowest BCUT2D eigenvalue weighted by Crippen LogP contribution is -2.23. The number of rotatable bonds is 14. The van der Waals surface area contributed by atoms with E-state index < -0.39 is 0 Å². The van der Waals surface area contributed by atoms with Crippen LogP contribution in [0.2, 0.25) is 0 Å². The topological polar surface area (TPSA) is 83.5 Å². The lowest BCUT2D eigenvalue weighted by molar-refractivity contribution is 0.305. The molecule has 0 unspecified atom stereocenters. The molecule has 6 rings (SSSR count). The highest BCUT2D eigenvalue weighted by molar-refractivity contribution is 7.15. The Bertz CT molecular complexity index is 2010. The molecule has 0 N–H and O–H groups in total. The first-order valence-electron chi connectivity index (χ1n) is 15.8. The summed E-state index contributed by atoms with van der Waals surface area (Å²) < 4.78 is 15.4. The molecule has 8 nitrogen and oxygen atoms in total. The fourth-order valence-corrected chi connectivity index (χ4v) is 5.89. The number of unbranched alkanes of at least 4 members (excludes halogenated alkanes) is 3. The first-order chi connectivity index (χ1) is 22.6. The van der Waals surface area contributed by atoms with E-state index in [9.17, 15) is 4.79 Å². The largest absolute Gasteiger partial charge is 0.494 e. The summed E-state index contributed by atoms with van der Waals surface area (Å²) in [6.45, 7) is 5.69. The number of thiazole rings is 1. The van der Waals surface area contributed by atoms with Crippen molar-refractivity contribution in [2.24, 2.45) is 0 Å². The van der Waals surface area contributed by atoms with Crippen molar-refractivity contribution in [3.8, 4) is 28.4 Å². The average Bonchev–Trinajstić information content (AvgIpc) is 3.78. The quantitative estimate of drug-likeness (QED) is 0.116. The fourth-order valence-electron chi connectivity index (χ4n) is 4.98. The van der Waals surface area contributed by atoms with Crippen molar-refractivity contribution < 1.29 is 9.47 Å². The third-order valence-electron chi connectivity index (χ3n) is 7.42. The van der Waals surface area contributed by atoms with Crippen LogP contribution >= 0.6 is 11.3 Å². The Labute approximate surface area is 272 Å². The molecule has 46 heavy (non-hydrogen) atoms. The summed E-state index contributed by atoms with van der Waals surface area (Å²) in [5.41, 5.74) is 4.24. The Morgan fingerprint density at radius 2 is 1.52 bits per heavy atom. The molecule has 0 fully saturated rings. The Balaban J connectivity index is 1.26. The molecular formula is C37H37N5O3S. The fraction of sp³-hybridized carbons (Fsp3) is 0.243. The lowest BCUT2D eigenvalue weighted by Gasteiger charge is -2.07. The van der Waals surface area contributed by atoms with Crippen LogP contribution in [0.25, 0.3) is 40.1 Å². The maximum atomic E-state index is 13.4. The van der Waals surface area contributed by atoms with Gasteiger partial charge in [-0.25, -0.2) is 4.68 Å².